The van der Waals surface area contributed by atoms with Crippen molar-refractivity contribution in [1.29, 1.82) is 0 Å². The normalized spacial score (nSPS) is 10.8. The molecular weight excluding hydrogens is 336 g/mol. The van der Waals surface area contributed by atoms with E-state index in [2.05, 4.69) is 46.7 Å². The monoisotopic (exact) mass is 366 g/mol. The molecule has 2 N–H and O–H groups in total. The van der Waals surface area contributed by atoms with Crippen molar-refractivity contribution >= 4 is 23.5 Å². The van der Waals surface area contributed by atoms with Crippen molar-refractivity contribution in [2.45, 2.75) is 33.6 Å². The number of hydrazone groups is 1. The molecule has 0 bridgehead atoms. The van der Waals surface area contributed by atoms with E-state index in [1.54, 1.807) is 6.21 Å². The van der Waals surface area contributed by atoms with Crippen LogP contribution in [0.5, 0.6) is 0 Å². The topological polar surface area (TPSA) is 56.7 Å². The van der Waals surface area contributed by atoms with Gasteiger partial charge in [-0.15, -0.1) is 0 Å². The van der Waals surface area contributed by atoms with E-state index in [9.17, 15) is 4.79 Å². The zero-order chi connectivity index (χ0) is 19.5. The van der Waals surface area contributed by atoms with E-state index < -0.39 is 0 Å². The van der Waals surface area contributed by atoms with Crippen LogP contribution in [0, 0.1) is 6.92 Å². The van der Waals surface area contributed by atoms with Gasteiger partial charge in [-0.2, -0.15) is 5.10 Å². The Morgan fingerprint density at radius 2 is 1.63 bits per heavy atom. The summed E-state index contributed by atoms with van der Waals surface area (Å²) in [5.74, 6) is -0.180. The Balaban J connectivity index is 1.81. The van der Waals surface area contributed by atoms with Crippen LogP contribution in [0.15, 0.2) is 53.6 Å². The molecule has 2 aromatic carbocycles. The maximum Gasteiger partial charge on any atom is 0.259 e. The predicted molar refractivity (Wildman–Crippen MR) is 115 cm³/mol. The van der Waals surface area contributed by atoms with E-state index in [1.807, 2.05) is 43.3 Å². The van der Waals surface area contributed by atoms with Gasteiger partial charge in [0.05, 0.1) is 12.8 Å². The number of rotatable bonds is 10. The van der Waals surface area contributed by atoms with Gasteiger partial charge >= 0.3 is 0 Å². The third-order valence-electron chi connectivity index (χ3n) is 4.15. The number of aryl methyl sites for hydroxylation is 1. The molecule has 5 nitrogen and oxygen atoms in total. The molecule has 0 saturated heterocycles. The second-order valence-electron chi connectivity index (χ2n) is 6.59. The minimum Gasteiger partial charge on any atom is -0.376 e. The number of hydrogen-bond acceptors (Lipinski definition) is 4. The van der Waals surface area contributed by atoms with E-state index in [4.69, 9.17) is 0 Å². The zero-order valence-corrected chi connectivity index (χ0v) is 16.5. The number of carbonyl (C=O) groups is 1. The summed E-state index contributed by atoms with van der Waals surface area (Å²) in [5, 5.41) is 7.11. The molecule has 1 amide bonds. The van der Waals surface area contributed by atoms with Crippen molar-refractivity contribution < 1.29 is 4.79 Å². The Hall–Kier alpha value is -2.82. The summed E-state index contributed by atoms with van der Waals surface area (Å²) in [5.41, 5.74) is 6.83. The molecule has 0 aliphatic rings. The predicted octanol–water partition coefficient (Wildman–Crippen LogP) is 4.18. The molecule has 0 heterocycles. The molecule has 0 aliphatic heterocycles. The van der Waals surface area contributed by atoms with Gasteiger partial charge in [0.2, 0.25) is 0 Å². The largest absolute Gasteiger partial charge is 0.376 e. The molecule has 0 fully saturated rings. The fourth-order valence-corrected chi connectivity index (χ4v) is 2.75. The van der Waals surface area contributed by atoms with Crippen LogP contribution in [0.1, 0.15) is 37.8 Å². The van der Waals surface area contributed by atoms with E-state index in [0.717, 1.165) is 37.2 Å². The number of carbonyl (C=O) groups excluding carboxylic acids is 1. The lowest BCUT2D eigenvalue weighted by molar-refractivity contribution is -0.119. The number of nitrogens with zero attached hydrogens (tertiary/aromatic N) is 2. The van der Waals surface area contributed by atoms with Crippen molar-refractivity contribution in [2.24, 2.45) is 5.10 Å². The second kappa shape index (κ2) is 11.0. The van der Waals surface area contributed by atoms with E-state index in [0.29, 0.717) is 0 Å². The highest BCUT2D eigenvalue weighted by Crippen LogP contribution is 2.15. The SMILES string of the molecule is CCCN(CCC)c1ccc(/C=N\NC(=O)CNc2ccc(C)cc2)cc1. The summed E-state index contributed by atoms with van der Waals surface area (Å²) in [7, 11) is 0. The van der Waals surface area contributed by atoms with Crippen LogP contribution in [0.25, 0.3) is 0 Å². The summed E-state index contributed by atoms with van der Waals surface area (Å²) < 4.78 is 0. The van der Waals surface area contributed by atoms with Gasteiger partial charge in [0.25, 0.3) is 5.91 Å². The minimum atomic E-state index is -0.180. The lowest BCUT2D eigenvalue weighted by Gasteiger charge is -2.23. The highest BCUT2D eigenvalue weighted by atomic mass is 16.2. The molecule has 0 radical (unpaired) electrons. The van der Waals surface area contributed by atoms with Crippen LogP contribution < -0.4 is 15.6 Å². The van der Waals surface area contributed by atoms with E-state index in [1.165, 1.54) is 11.3 Å². The maximum absolute atomic E-state index is 11.9. The summed E-state index contributed by atoms with van der Waals surface area (Å²) in [4.78, 5) is 14.3. The van der Waals surface area contributed by atoms with Gasteiger partial charge in [-0.05, 0) is 49.6 Å². The van der Waals surface area contributed by atoms with Crippen molar-refractivity contribution in [3.8, 4) is 0 Å². The number of anilines is 2. The van der Waals surface area contributed by atoms with Gasteiger partial charge in [-0.25, -0.2) is 5.43 Å². The molecule has 27 heavy (non-hydrogen) atoms. The highest BCUT2D eigenvalue weighted by molar-refractivity contribution is 5.84. The van der Waals surface area contributed by atoms with E-state index >= 15 is 0 Å². The number of hydrogen-bond donors (Lipinski definition) is 2. The molecule has 0 aliphatic carbocycles. The van der Waals surface area contributed by atoms with Gasteiger partial charge in [0, 0.05) is 24.5 Å². The molecule has 0 spiro atoms. The van der Waals surface area contributed by atoms with Crippen LogP contribution in [0.4, 0.5) is 11.4 Å². The summed E-state index contributed by atoms with van der Waals surface area (Å²) in [6.45, 7) is 8.72. The van der Waals surface area contributed by atoms with Crippen molar-refractivity contribution in [3.63, 3.8) is 0 Å². The van der Waals surface area contributed by atoms with Crippen LogP contribution in [-0.4, -0.2) is 31.8 Å². The first kappa shape index (κ1) is 20.5. The molecule has 0 saturated carbocycles. The van der Waals surface area contributed by atoms with Crippen molar-refractivity contribution in [1.82, 2.24) is 5.43 Å². The molecule has 2 rings (SSSR count). The van der Waals surface area contributed by atoms with Gasteiger partial charge in [0.1, 0.15) is 0 Å². The Kier molecular flexibility index (Phi) is 8.36. The molecular formula is C22H30N4O. The quantitative estimate of drug-likeness (QED) is 0.490. The summed E-state index contributed by atoms with van der Waals surface area (Å²) in [6.07, 6.45) is 3.93. The summed E-state index contributed by atoms with van der Waals surface area (Å²) >= 11 is 0. The first-order valence-electron chi connectivity index (χ1n) is 9.59. The molecule has 0 atom stereocenters. The molecule has 0 aromatic heterocycles. The first-order chi connectivity index (χ1) is 13.1. The van der Waals surface area contributed by atoms with Gasteiger partial charge < -0.3 is 10.2 Å². The second-order valence-corrected chi connectivity index (χ2v) is 6.59. The molecule has 5 heteroatoms. The van der Waals surface area contributed by atoms with Crippen molar-refractivity contribution in [3.05, 3.63) is 59.7 Å². The van der Waals surface area contributed by atoms with Crippen molar-refractivity contribution in [2.75, 3.05) is 29.9 Å². The highest BCUT2D eigenvalue weighted by Gasteiger charge is 2.04. The third-order valence-corrected chi connectivity index (χ3v) is 4.15. The lowest BCUT2D eigenvalue weighted by Crippen LogP contribution is -2.26. The first-order valence-corrected chi connectivity index (χ1v) is 9.59. The Morgan fingerprint density at radius 1 is 1.00 bits per heavy atom. The molecule has 144 valence electrons. The van der Waals surface area contributed by atoms with Crippen LogP contribution in [0.2, 0.25) is 0 Å². The van der Waals surface area contributed by atoms with Crippen LogP contribution in [-0.2, 0) is 4.79 Å². The third kappa shape index (κ3) is 7.13. The Bertz CT molecular complexity index is 717. The fraction of sp³-hybridized carbons (Fsp3) is 0.364. The molecule has 0 unspecified atom stereocenters. The van der Waals surface area contributed by atoms with Gasteiger partial charge in [0.15, 0.2) is 0 Å². The van der Waals surface area contributed by atoms with E-state index in [-0.39, 0.29) is 12.5 Å². The van der Waals surface area contributed by atoms with Crippen LogP contribution >= 0.6 is 0 Å². The Labute approximate surface area is 162 Å². The lowest BCUT2D eigenvalue weighted by atomic mass is 10.2. The van der Waals surface area contributed by atoms with Gasteiger partial charge in [-0.3, -0.25) is 4.79 Å². The Morgan fingerprint density at radius 3 is 2.22 bits per heavy atom. The average molecular weight is 367 g/mol. The minimum absolute atomic E-state index is 0.180. The zero-order valence-electron chi connectivity index (χ0n) is 16.5. The average Bonchev–Trinajstić information content (AvgIpc) is 2.68. The fourth-order valence-electron chi connectivity index (χ4n) is 2.75. The van der Waals surface area contributed by atoms with Gasteiger partial charge in [-0.1, -0.05) is 43.7 Å². The number of benzene rings is 2. The maximum atomic E-state index is 11.9. The smallest absolute Gasteiger partial charge is 0.259 e. The summed E-state index contributed by atoms with van der Waals surface area (Å²) in [6, 6.07) is 16.2. The number of amides is 1. The van der Waals surface area contributed by atoms with Crippen LogP contribution in [0.3, 0.4) is 0 Å². The standard InChI is InChI=1S/C22H30N4O/c1-4-14-26(15-5-2)21-12-8-19(9-13-21)16-24-25-22(27)17-23-20-10-6-18(3)7-11-20/h6-13,16,23H,4-5,14-15,17H2,1-3H3,(H,25,27)/b24-16-. The number of nitrogens with one attached hydrogen (secondary N) is 2. The molecule has 2 aromatic rings.